The maximum atomic E-state index is 13.6. The van der Waals surface area contributed by atoms with Crippen LogP contribution < -0.4 is 20.9 Å². The molecule has 1 fully saturated rings. The van der Waals surface area contributed by atoms with Crippen molar-refractivity contribution in [3.05, 3.63) is 63.6 Å². The van der Waals surface area contributed by atoms with Crippen molar-refractivity contribution in [2.24, 2.45) is 0 Å². The van der Waals surface area contributed by atoms with E-state index in [1.165, 1.54) is 11.3 Å². The zero-order chi connectivity index (χ0) is 27.5. The van der Waals surface area contributed by atoms with Gasteiger partial charge in [-0.05, 0) is 56.3 Å². The summed E-state index contributed by atoms with van der Waals surface area (Å²) in [6.45, 7) is 6.36. The molecule has 1 aliphatic rings. The summed E-state index contributed by atoms with van der Waals surface area (Å²) in [6, 6.07) is 13.2. The predicted molar refractivity (Wildman–Crippen MR) is 154 cm³/mol. The van der Waals surface area contributed by atoms with Gasteiger partial charge < -0.3 is 30.5 Å². The van der Waals surface area contributed by atoms with Crippen LogP contribution >= 0.6 is 23.2 Å². The van der Waals surface area contributed by atoms with Gasteiger partial charge in [0.2, 0.25) is 11.8 Å². The van der Waals surface area contributed by atoms with E-state index < -0.39 is 6.04 Å². The van der Waals surface area contributed by atoms with Gasteiger partial charge in [0.05, 0.1) is 13.2 Å². The number of hydrogen-bond donors (Lipinski definition) is 3. The Morgan fingerprint density at radius 3 is 2.47 bits per heavy atom. The first-order valence-electron chi connectivity index (χ1n) is 13.0. The highest BCUT2D eigenvalue weighted by Crippen LogP contribution is 2.24. The van der Waals surface area contributed by atoms with Crippen molar-refractivity contribution in [3.8, 4) is 0 Å². The molecule has 0 aromatic heterocycles. The summed E-state index contributed by atoms with van der Waals surface area (Å²) in [5.41, 5.74) is 3.24. The third-order valence-corrected chi connectivity index (χ3v) is 7.22. The fourth-order valence-electron chi connectivity index (χ4n) is 4.69. The molecule has 208 valence electrons. The first-order chi connectivity index (χ1) is 18.3. The molecular weight excluding hydrogens is 525 g/mol. The molecule has 10 heteroatoms. The number of methoxy groups -OCH3 is 1. The van der Waals surface area contributed by atoms with E-state index in [2.05, 4.69) is 52.0 Å². The van der Waals surface area contributed by atoms with Crippen molar-refractivity contribution in [1.29, 1.82) is 0 Å². The second-order valence-electron chi connectivity index (χ2n) is 9.59. The maximum Gasteiger partial charge on any atom is 0.245 e. The van der Waals surface area contributed by atoms with Gasteiger partial charge in [-0.2, -0.15) is 0 Å². The second-order valence-corrected chi connectivity index (χ2v) is 10.4. The summed E-state index contributed by atoms with van der Waals surface area (Å²) in [4.78, 5) is 30.1. The molecule has 2 atom stereocenters. The second kappa shape index (κ2) is 15.3. The van der Waals surface area contributed by atoms with Crippen LogP contribution in [0.4, 0.5) is 5.69 Å². The van der Waals surface area contributed by atoms with E-state index in [-0.39, 0.29) is 18.4 Å². The molecule has 3 N–H and O–H groups in total. The number of ether oxygens (including phenoxy) is 1. The number of carbonyl (C=O) groups excluding carboxylic acids is 2. The fourth-order valence-corrected chi connectivity index (χ4v) is 5.18. The lowest BCUT2D eigenvalue weighted by molar-refractivity contribution is -0.136. The van der Waals surface area contributed by atoms with E-state index in [1.807, 2.05) is 4.90 Å². The molecule has 2 aromatic rings. The highest BCUT2D eigenvalue weighted by atomic mass is 35.5. The van der Waals surface area contributed by atoms with Crippen molar-refractivity contribution < 1.29 is 14.3 Å². The minimum atomic E-state index is -0.714. The first-order valence-corrected chi connectivity index (χ1v) is 13.8. The molecule has 0 aliphatic carbocycles. The Kier molecular flexibility index (Phi) is 12.1. The fraction of sp³-hybridized carbons (Fsp3) is 0.500. The van der Waals surface area contributed by atoms with Gasteiger partial charge in [0, 0.05) is 61.5 Å². The molecule has 0 spiro atoms. The molecule has 0 bridgehead atoms. The highest BCUT2D eigenvalue weighted by molar-refractivity contribution is 6.35. The normalized spacial score (nSPS) is 15.3. The Balaban J connectivity index is 1.64. The number of anilines is 1. The van der Waals surface area contributed by atoms with Gasteiger partial charge in [0.15, 0.2) is 0 Å². The van der Waals surface area contributed by atoms with Crippen LogP contribution in [-0.2, 0) is 27.2 Å². The lowest BCUT2D eigenvalue weighted by atomic mass is 10.0. The SMILES string of the molecule is CNCC(=O)N[C@H](Cc1ccc(Cl)cc1Cl)C(=O)N1CCN(c2ccccc2CCNC(C)COC)CC1. The summed E-state index contributed by atoms with van der Waals surface area (Å²) in [5, 5.41) is 10.2. The number of para-hydroxylation sites is 1. The number of nitrogens with zero attached hydrogens (tertiary/aromatic N) is 2. The maximum absolute atomic E-state index is 13.6. The van der Waals surface area contributed by atoms with Crippen LogP contribution in [0.3, 0.4) is 0 Å². The lowest BCUT2D eigenvalue weighted by Gasteiger charge is -2.38. The van der Waals surface area contributed by atoms with E-state index in [1.54, 1.807) is 32.4 Å². The minimum Gasteiger partial charge on any atom is -0.383 e. The van der Waals surface area contributed by atoms with Gasteiger partial charge in [0.1, 0.15) is 6.04 Å². The van der Waals surface area contributed by atoms with E-state index in [4.69, 9.17) is 27.9 Å². The average Bonchev–Trinajstić information content (AvgIpc) is 2.90. The third-order valence-electron chi connectivity index (χ3n) is 6.64. The molecule has 3 rings (SSSR count). The number of amides is 2. The summed E-state index contributed by atoms with van der Waals surface area (Å²) < 4.78 is 5.21. The van der Waals surface area contributed by atoms with Crippen LogP contribution in [0, 0.1) is 0 Å². The van der Waals surface area contributed by atoms with Crippen molar-refractivity contribution >= 4 is 40.7 Å². The van der Waals surface area contributed by atoms with Crippen LogP contribution in [0.1, 0.15) is 18.1 Å². The number of rotatable bonds is 13. The molecule has 2 amide bonds. The van der Waals surface area contributed by atoms with Gasteiger partial charge in [0.25, 0.3) is 0 Å². The Labute approximate surface area is 236 Å². The minimum absolute atomic E-state index is 0.107. The van der Waals surface area contributed by atoms with Crippen LogP contribution in [-0.4, -0.2) is 88.8 Å². The standard InChI is InChI=1S/C28H39Cl2N5O3/c1-20(19-38-3)32-11-10-21-6-4-5-7-26(21)34-12-14-35(15-13-34)28(37)25(33-27(36)18-31-2)16-22-8-9-23(29)17-24(22)30/h4-9,17,20,25,31-32H,10-16,18-19H2,1-3H3,(H,33,36)/t20?,25-/m1/s1. The van der Waals surface area contributed by atoms with Gasteiger partial charge >= 0.3 is 0 Å². The molecule has 1 saturated heterocycles. The number of halogens is 2. The zero-order valence-electron chi connectivity index (χ0n) is 22.4. The van der Waals surface area contributed by atoms with E-state index in [9.17, 15) is 9.59 Å². The Hall–Kier alpha value is -2.36. The Morgan fingerprint density at radius 1 is 1.05 bits per heavy atom. The van der Waals surface area contributed by atoms with Crippen molar-refractivity contribution in [2.45, 2.75) is 31.8 Å². The first kappa shape index (κ1) is 30.2. The van der Waals surface area contributed by atoms with Crippen molar-refractivity contribution in [2.75, 3.05) is 64.9 Å². The van der Waals surface area contributed by atoms with E-state index in [0.29, 0.717) is 42.2 Å². The van der Waals surface area contributed by atoms with Gasteiger partial charge in [-0.25, -0.2) is 0 Å². The topological polar surface area (TPSA) is 85.9 Å². The molecule has 0 radical (unpaired) electrons. The number of hydrogen-bond acceptors (Lipinski definition) is 6. The molecule has 2 aromatic carbocycles. The van der Waals surface area contributed by atoms with Crippen molar-refractivity contribution in [1.82, 2.24) is 20.9 Å². The predicted octanol–water partition coefficient (Wildman–Crippen LogP) is 2.76. The summed E-state index contributed by atoms with van der Waals surface area (Å²) in [6.07, 6.45) is 1.20. The van der Waals surface area contributed by atoms with Gasteiger partial charge in [-0.1, -0.05) is 47.5 Å². The molecule has 1 aliphatic heterocycles. The molecule has 1 unspecified atom stereocenters. The summed E-state index contributed by atoms with van der Waals surface area (Å²) in [7, 11) is 3.41. The Morgan fingerprint density at radius 2 is 1.79 bits per heavy atom. The van der Waals surface area contributed by atoms with E-state index in [0.717, 1.165) is 31.6 Å². The third kappa shape index (κ3) is 8.85. The van der Waals surface area contributed by atoms with Gasteiger partial charge in [-0.3, -0.25) is 9.59 Å². The van der Waals surface area contributed by atoms with Gasteiger partial charge in [-0.15, -0.1) is 0 Å². The summed E-state index contributed by atoms with van der Waals surface area (Å²) in [5.74, 6) is -0.346. The summed E-state index contributed by atoms with van der Waals surface area (Å²) >= 11 is 12.4. The molecular formula is C28H39Cl2N5O3. The van der Waals surface area contributed by atoms with Crippen LogP contribution in [0.5, 0.6) is 0 Å². The van der Waals surface area contributed by atoms with E-state index >= 15 is 0 Å². The monoisotopic (exact) mass is 563 g/mol. The Bertz CT molecular complexity index is 1060. The van der Waals surface area contributed by atoms with Crippen molar-refractivity contribution in [3.63, 3.8) is 0 Å². The number of likely N-dealkylation sites (N-methyl/N-ethyl adjacent to an activating group) is 1. The molecule has 0 saturated carbocycles. The number of benzene rings is 2. The molecule has 8 nitrogen and oxygen atoms in total. The smallest absolute Gasteiger partial charge is 0.245 e. The van der Waals surface area contributed by atoms with Crippen LogP contribution in [0.15, 0.2) is 42.5 Å². The number of carbonyl (C=O) groups is 2. The zero-order valence-corrected chi connectivity index (χ0v) is 23.9. The lowest BCUT2D eigenvalue weighted by Crippen LogP contribution is -2.56. The molecule has 1 heterocycles. The number of nitrogens with one attached hydrogen (secondary N) is 3. The van der Waals surface area contributed by atoms with Crippen LogP contribution in [0.25, 0.3) is 0 Å². The average molecular weight is 565 g/mol. The highest BCUT2D eigenvalue weighted by Gasteiger charge is 2.30. The van der Waals surface area contributed by atoms with Crippen LogP contribution in [0.2, 0.25) is 10.0 Å². The molecule has 38 heavy (non-hydrogen) atoms. The largest absolute Gasteiger partial charge is 0.383 e. The quantitative estimate of drug-likeness (QED) is 0.347. The number of piperazine rings is 1.